The van der Waals surface area contributed by atoms with Gasteiger partial charge < -0.3 is 14.6 Å². The van der Waals surface area contributed by atoms with Crippen LogP contribution < -0.4 is 9.47 Å². The maximum atomic E-state index is 13.2. The number of rotatable bonds is 6. The molecule has 3 rings (SSSR count). The molecular formula is C22H17ClF3NO3. The lowest BCUT2D eigenvalue weighted by Gasteiger charge is -2.12. The van der Waals surface area contributed by atoms with Crippen LogP contribution in [0.1, 0.15) is 18.1 Å². The molecule has 0 atom stereocenters. The molecule has 0 aliphatic carbocycles. The van der Waals surface area contributed by atoms with E-state index in [1.807, 2.05) is 0 Å². The average Bonchev–Trinajstić information content (AvgIpc) is 2.70. The van der Waals surface area contributed by atoms with Crippen LogP contribution in [0.3, 0.4) is 0 Å². The maximum absolute atomic E-state index is 13.2. The van der Waals surface area contributed by atoms with Crippen LogP contribution in [0.15, 0.2) is 65.7 Å². The Hall–Kier alpha value is -3.19. The number of alkyl halides is 3. The predicted octanol–water partition coefficient (Wildman–Crippen LogP) is 7.01. The van der Waals surface area contributed by atoms with Crippen molar-refractivity contribution in [2.75, 3.05) is 6.61 Å². The molecule has 0 fully saturated rings. The predicted molar refractivity (Wildman–Crippen MR) is 109 cm³/mol. The number of nitrogens with zero attached hydrogens (tertiary/aromatic N) is 1. The third-order valence-corrected chi connectivity index (χ3v) is 4.25. The zero-order chi connectivity index (χ0) is 21.7. The molecule has 0 aliphatic heterocycles. The minimum Gasteiger partial charge on any atom is -0.504 e. The van der Waals surface area contributed by atoms with Crippen LogP contribution in [-0.4, -0.2) is 17.9 Å². The van der Waals surface area contributed by atoms with E-state index in [4.69, 9.17) is 21.1 Å². The number of para-hydroxylation sites is 1. The zero-order valence-corrected chi connectivity index (χ0v) is 16.5. The summed E-state index contributed by atoms with van der Waals surface area (Å²) in [6, 6.07) is 14.1. The van der Waals surface area contributed by atoms with E-state index < -0.39 is 11.7 Å². The van der Waals surface area contributed by atoms with E-state index >= 15 is 0 Å². The van der Waals surface area contributed by atoms with Gasteiger partial charge in [-0.2, -0.15) is 13.2 Å². The average molecular weight is 436 g/mol. The molecule has 0 saturated heterocycles. The minimum absolute atomic E-state index is 0.0546. The largest absolute Gasteiger partial charge is 0.504 e. The molecule has 0 amide bonds. The highest BCUT2D eigenvalue weighted by atomic mass is 35.5. The SMILES string of the molecule is CCOc1cccc(C=Nc2cc(C(F)(F)F)ccc2Oc2ccc(Cl)cc2)c1O. The van der Waals surface area contributed by atoms with Crippen LogP contribution in [0.4, 0.5) is 18.9 Å². The standard InChI is InChI=1S/C22H17ClF3NO3/c1-2-29-20-5-3-4-14(21(20)28)13-27-18-12-15(22(24,25)26)6-11-19(18)30-17-9-7-16(23)8-10-17/h3-13,28H,2H2,1H3. The van der Waals surface area contributed by atoms with E-state index in [0.717, 1.165) is 12.1 Å². The first-order valence-corrected chi connectivity index (χ1v) is 9.29. The van der Waals surface area contributed by atoms with Crippen LogP contribution >= 0.6 is 11.6 Å². The summed E-state index contributed by atoms with van der Waals surface area (Å²) in [7, 11) is 0. The molecule has 1 N–H and O–H groups in total. The van der Waals surface area contributed by atoms with Gasteiger partial charge in [0.15, 0.2) is 17.2 Å². The highest BCUT2D eigenvalue weighted by molar-refractivity contribution is 6.30. The van der Waals surface area contributed by atoms with Crippen LogP contribution in [0.2, 0.25) is 5.02 Å². The smallest absolute Gasteiger partial charge is 0.416 e. The Morgan fingerprint density at radius 3 is 2.43 bits per heavy atom. The number of ether oxygens (including phenoxy) is 2. The normalized spacial score (nSPS) is 11.6. The summed E-state index contributed by atoms with van der Waals surface area (Å²) < 4.78 is 50.5. The molecular weight excluding hydrogens is 419 g/mol. The molecule has 0 aromatic heterocycles. The Morgan fingerprint density at radius 1 is 1.03 bits per heavy atom. The van der Waals surface area contributed by atoms with Crippen LogP contribution in [0, 0.1) is 0 Å². The highest BCUT2D eigenvalue weighted by Crippen LogP contribution is 2.39. The lowest BCUT2D eigenvalue weighted by atomic mass is 10.1. The van der Waals surface area contributed by atoms with Crippen molar-refractivity contribution in [1.29, 1.82) is 0 Å². The summed E-state index contributed by atoms with van der Waals surface area (Å²) >= 11 is 5.85. The van der Waals surface area contributed by atoms with Gasteiger partial charge in [0, 0.05) is 16.8 Å². The van der Waals surface area contributed by atoms with E-state index in [9.17, 15) is 18.3 Å². The maximum Gasteiger partial charge on any atom is 0.416 e. The van der Waals surface area contributed by atoms with Gasteiger partial charge in [-0.15, -0.1) is 0 Å². The molecule has 8 heteroatoms. The second-order valence-electron chi connectivity index (χ2n) is 6.12. The number of aromatic hydroxyl groups is 1. The second kappa shape index (κ2) is 9.09. The minimum atomic E-state index is -4.54. The topological polar surface area (TPSA) is 51.0 Å². The Morgan fingerprint density at radius 2 is 1.77 bits per heavy atom. The fraction of sp³-hybridized carbons (Fsp3) is 0.136. The quantitative estimate of drug-likeness (QED) is 0.424. The first kappa shape index (κ1) is 21.5. The Kier molecular flexibility index (Phi) is 6.52. The fourth-order valence-electron chi connectivity index (χ4n) is 2.57. The molecule has 0 heterocycles. The third kappa shape index (κ3) is 5.24. The van der Waals surface area contributed by atoms with E-state index in [-0.39, 0.29) is 28.5 Å². The van der Waals surface area contributed by atoms with Crippen LogP contribution in [0.5, 0.6) is 23.0 Å². The molecule has 0 unspecified atom stereocenters. The van der Waals surface area contributed by atoms with Crippen molar-refractivity contribution < 1.29 is 27.8 Å². The first-order chi connectivity index (χ1) is 14.3. The van der Waals surface area contributed by atoms with E-state index in [2.05, 4.69) is 4.99 Å². The summed E-state index contributed by atoms with van der Waals surface area (Å²) in [6.07, 6.45) is -3.29. The lowest BCUT2D eigenvalue weighted by molar-refractivity contribution is -0.137. The number of benzene rings is 3. The number of hydrogen-bond acceptors (Lipinski definition) is 4. The van der Waals surface area contributed by atoms with Crippen LogP contribution in [-0.2, 0) is 6.18 Å². The first-order valence-electron chi connectivity index (χ1n) is 8.91. The van der Waals surface area contributed by atoms with Crippen molar-refractivity contribution in [3.05, 3.63) is 76.8 Å². The number of phenolic OH excluding ortho intramolecular Hbond substituents is 1. The van der Waals surface area contributed by atoms with E-state index in [1.54, 1.807) is 49.4 Å². The summed E-state index contributed by atoms with van der Waals surface area (Å²) in [6.45, 7) is 2.12. The van der Waals surface area contributed by atoms with Crippen molar-refractivity contribution in [2.24, 2.45) is 4.99 Å². The number of hydrogen-bond donors (Lipinski definition) is 1. The van der Waals surface area contributed by atoms with Gasteiger partial charge in [0.1, 0.15) is 11.4 Å². The molecule has 30 heavy (non-hydrogen) atoms. The molecule has 0 radical (unpaired) electrons. The van der Waals surface area contributed by atoms with Gasteiger partial charge >= 0.3 is 6.18 Å². The molecule has 0 bridgehead atoms. The van der Waals surface area contributed by atoms with E-state index in [1.165, 1.54) is 12.3 Å². The Labute approximate surface area is 176 Å². The Bertz CT molecular complexity index is 1050. The van der Waals surface area contributed by atoms with Crippen molar-refractivity contribution in [3.8, 4) is 23.0 Å². The zero-order valence-electron chi connectivity index (χ0n) is 15.8. The molecule has 0 spiro atoms. The number of halogens is 4. The summed E-state index contributed by atoms with van der Waals surface area (Å²) in [4.78, 5) is 4.13. The number of phenols is 1. The molecule has 156 valence electrons. The van der Waals surface area contributed by atoms with Crippen molar-refractivity contribution in [3.63, 3.8) is 0 Å². The Balaban J connectivity index is 1.99. The van der Waals surface area contributed by atoms with Crippen molar-refractivity contribution in [1.82, 2.24) is 0 Å². The van der Waals surface area contributed by atoms with Crippen molar-refractivity contribution >= 4 is 23.5 Å². The summed E-state index contributed by atoms with van der Waals surface area (Å²) in [5.74, 6) is 0.595. The highest BCUT2D eigenvalue weighted by Gasteiger charge is 2.31. The molecule has 0 aliphatic rings. The summed E-state index contributed by atoms with van der Waals surface area (Å²) in [5, 5.41) is 10.8. The van der Waals surface area contributed by atoms with E-state index in [0.29, 0.717) is 17.4 Å². The number of aliphatic imine (C=N–C) groups is 1. The van der Waals surface area contributed by atoms with Gasteiger partial charge in [-0.1, -0.05) is 17.7 Å². The van der Waals surface area contributed by atoms with Crippen molar-refractivity contribution in [2.45, 2.75) is 13.1 Å². The van der Waals surface area contributed by atoms with Gasteiger partial charge in [0.2, 0.25) is 0 Å². The van der Waals surface area contributed by atoms with Gasteiger partial charge in [-0.3, -0.25) is 4.99 Å². The fourth-order valence-corrected chi connectivity index (χ4v) is 2.69. The molecule has 3 aromatic rings. The summed E-state index contributed by atoms with van der Waals surface area (Å²) in [5.41, 5.74) is -0.637. The molecule has 0 saturated carbocycles. The van der Waals surface area contributed by atoms with Gasteiger partial charge in [0.25, 0.3) is 0 Å². The molecule has 4 nitrogen and oxygen atoms in total. The van der Waals surface area contributed by atoms with Crippen LogP contribution in [0.25, 0.3) is 0 Å². The van der Waals surface area contributed by atoms with Gasteiger partial charge in [-0.25, -0.2) is 0 Å². The monoisotopic (exact) mass is 435 g/mol. The lowest BCUT2D eigenvalue weighted by Crippen LogP contribution is -2.04. The second-order valence-corrected chi connectivity index (χ2v) is 6.56. The van der Waals surface area contributed by atoms with Gasteiger partial charge in [0.05, 0.1) is 12.2 Å². The third-order valence-electron chi connectivity index (χ3n) is 4.00. The molecule has 3 aromatic carbocycles. The van der Waals surface area contributed by atoms with Gasteiger partial charge in [-0.05, 0) is 61.5 Å².